The molecule has 2 heterocycles. The number of aromatic nitrogens is 4. The van der Waals surface area contributed by atoms with E-state index in [4.69, 9.17) is 5.11 Å². The van der Waals surface area contributed by atoms with Crippen molar-refractivity contribution in [2.75, 3.05) is 18.5 Å². The van der Waals surface area contributed by atoms with Gasteiger partial charge < -0.3 is 20.1 Å². The van der Waals surface area contributed by atoms with Gasteiger partial charge in [-0.05, 0) is 5.56 Å². The second kappa shape index (κ2) is 7.14. The fraction of sp³-hybridized carbons (Fsp3) is 0.353. The van der Waals surface area contributed by atoms with Gasteiger partial charge in [0.15, 0.2) is 11.2 Å². The first kappa shape index (κ1) is 17.9. The second-order valence-corrected chi connectivity index (χ2v) is 6.00. The minimum Gasteiger partial charge on any atom is -0.395 e. The van der Waals surface area contributed by atoms with Gasteiger partial charge in [0.2, 0.25) is 5.95 Å². The first-order chi connectivity index (χ1) is 12.5. The average Bonchev–Trinajstić information content (AvgIpc) is 3.02. The van der Waals surface area contributed by atoms with Gasteiger partial charge in [0.25, 0.3) is 5.56 Å². The highest BCUT2D eigenvalue weighted by Gasteiger charge is 2.21. The second-order valence-electron chi connectivity index (χ2n) is 6.00. The number of hydrogen-bond donors (Lipinski definition) is 3. The van der Waals surface area contributed by atoms with Crippen molar-refractivity contribution in [2.45, 2.75) is 12.6 Å². The smallest absolute Gasteiger partial charge is 0.332 e. The fourth-order valence-corrected chi connectivity index (χ4v) is 2.88. The lowest BCUT2D eigenvalue weighted by atomic mass is 10.1. The molecule has 1 atom stereocenters. The van der Waals surface area contributed by atoms with E-state index >= 15 is 0 Å². The van der Waals surface area contributed by atoms with Crippen LogP contribution >= 0.6 is 0 Å². The quantitative estimate of drug-likeness (QED) is 0.550. The molecule has 3 aromatic rings. The summed E-state index contributed by atoms with van der Waals surface area (Å²) in [5.41, 5.74) is 0.158. The van der Waals surface area contributed by atoms with Crippen molar-refractivity contribution in [1.29, 1.82) is 0 Å². The van der Waals surface area contributed by atoms with E-state index < -0.39 is 17.4 Å². The number of aryl methyl sites for hydroxylation is 1. The summed E-state index contributed by atoms with van der Waals surface area (Å²) in [5, 5.41) is 22.6. The van der Waals surface area contributed by atoms with Crippen molar-refractivity contribution in [3.8, 4) is 0 Å². The van der Waals surface area contributed by atoms with Crippen LogP contribution in [0.3, 0.4) is 0 Å². The number of hydrogen-bond acceptors (Lipinski definition) is 6. The molecule has 26 heavy (non-hydrogen) atoms. The average molecular weight is 359 g/mol. The highest BCUT2D eigenvalue weighted by Crippen LogP contribution is 2.21. The molecule has 0 saturated carbocycles. The Bertz CT molecular complexity index is 1040. The lowest BCUT2D eigenvalue weighted by Crippen LogP contribution is -2.37. The van der Waals surface area contributed by atoms with Crippen LogP contribution in [-0.2, 0) is 20.6 Å². The molecule has 0 aliphatic carbocycles. The Morgan fingerprint density at radius 2 is 1.85 bits per heavy atom. The number of aliphatic hydroxyl groups is 2. The summed E-state index contributed by atoms with van der Waals surface area (Å²) in [6.45, 7) is 0.169. The van der Waals surface area contributed by atoms with Gasteiger partial charge in [0.1, 0.15) is 0 Å². The normalized spacial score (nSPS) is 12.5. The Labute approximate surface area is 148 Å². The van der Waals surface area contributed by atoms with Gasteiger partial charge in [-0.3, -0.25) is 13.9 Å². The number of nitrogens with one attached hydrogen (secondary N) is 1. The number of rotatable bonds is 6. The van der Waals surface area contributed by atoms with Gasteiger partial charge in [0, 0.05) is 20.6 Å². The first-order valence-electron chi connectivity index (χ1n) is 8.19. The molecule has 0 spiro atoms. The predicted molar refractivity (Wildman–Crippen MR) is 97.2 cm³/mol. The summed E-state index contributed by atoms with van der Waals surface area (Å²) in [4.78, 5) is 29.1. The molecule has 9 heteroatoms. The van der Waals surface area contributed by atoms with E-state index in [0.29, 0.717) is 11.5 Å². The van der Waals surface area contributed by atoms with Crippen molar-refractivity contribution in [1.82, 2.24) is 18.7 Å². The van der Waals surface area contributed by atoms with Crippen LogP contribution in [0.1, 0.15) is 11.7 Å². The molecule has 2 aromatic heterocycles. The minimum absolute atomic E-state index is 0.0711. The van der Waals surface area contributed by atoms with Crippen LogP contribution in [0, 0.1) is 0 Å². The third-order valence-corrected chi connectivity index (χ3v) is 4.28. The summed E-state index contributed by atoms with van der Waals surface area (Å²) >= 11 is 0. The van der Waals surface area contributed by atoms with Crippen LogP contribution in [0.15, 0.2) is 39.9 Å². The molecule has 1 aromatic carbocycles. The Kier molecular flexibility index (Phi) is 4.92. The van der Waals surface area contributed by atoms with Gasteiger partial charge in [0.05, 0.1) is 19.3 Å². The Hall–Kier alpha value is -2.91. The van der Waals surface area contributed by atoms with Crippen molar-refractivity contribution in [3.63, 3.8) is 0 Å². The van der Waals surface area contributed by atoms with Crippen molar-refractivity contribution in [3.05, 3.63) is 56.7 Å². The minimum atomic E-state index is -0.870. The molecule has 0 amide bonds. The highest BCUT2D eigenvalue weighted by molar-refractivity contribution is 5.74. The molecular weight excluding hydrogens is 338 g/mol. The summed E-state index contributed by atoms with van der Waals surface area (Å²) < 4.78 is 3.84. The summed E-state index contributed by atoms with van der Waals surface area (Å²) in [6, 6.07) is 9.07. The fourth-order valence-electron chi connectivity index (χ4n) is 2.88. The van der Waals surface area contributed by atoms with Gasteiger partial charge in [-0.25, -0.2) is 4.79 Å². The van der Waals surface area contributed by atoms with E-state index in [1.807, 2.05) is 18.2 Å². The van der Waals surface area contributed by atoms with Crippen molar-refractivity contribution >= 4 is 17.1 Å². The maximum Gasteiger partial charge on any atom is 0.332 e. The SMILES string of the molecule is Cn1c(=O)c2c(nc(NCCO)n2CC(O)c2ccccc2)n(C)c1=O. The summed E-state index contributed by atoms with van der Waals surface area (Å²) in [7, 11) is 2.93. The molecule has 0 aliphatic rings. The molecule has 0 bridgehead atoms. The molecule has 0 fully saturated rings. The Morgan fingerprint density at radius 1 is 1.15 bits per heavy atom. The predicted octanol–water partition coefficient (Wildman–Crippen LogP) is -0.429. The van der Waals surface area contributed by atoms with Crippen LogP contribution in [-0.4, -0.2) is 42.0 Å². The van der Waals surface area contributed by atoms with E-state index in [0.717, 1.165) is 4.57 Å². The van der Waals surface area contributed by atoms with E-state index in [2.05, 4.69) is 10.3 Å². The topological polar surface area (TPSA) is 114 Å². The van der Waals surface area contributed by atoms with Gasteiger partial charge in [-0.2, -0.15) is 4.98 Å². The van der Waals surface area contributed by atoms with Crippen LogP contribution in [0.4, 0.5) is 5.95 Å². The number of aliphatic hydroxyl groups excluding tert-OH is 2. The maximum atomic E-state index is 12.7. The van der Waals surface area contributed by atoms with Gasteiger partial charge >= 0.3 is 5.69 Å². The third kappa shape index (κ3) is 3.02. The number of fused-ring (bicyclic) bond motifs is 1. The first-order valence-corrected chi connectivity index (χ1v) is 8.19. The number of imidazole rings is 1. The molecular formula is C17H21N5O4. The monoisotopic (exact) mass is 359 g/mol. The molecule has 0 aliphatic heterocycles. The zero-order valence-electron chi connectivity index (χ0n) is 14.6. The van der Waals surface area contributed by atoms with E-state index in [-0.39, 0.29) is 30.9 Å². The Morgan fingerprint density at radius 3 is 2.50 bits per heavy atom. The summed E-state index contributed by atoms with van der Waals surface area (Å²) in [6.07, 6.45) is -0.870. The Balaban J connectivity index is 2.18. The zero-order chi connectivity index (χ0) is 18.8. The molecule has 3 N–H and O–H groups in total. The van der Waals surface area contributed by atoms with E-state index in [1.165, 1.54) is 18.7 Å². The molecule has 0 saturated heterocycles. The number of nitrogens with zero attached hydrogens (tertiary/aromatic N) is 4. The van der Waals surface area contributed by atoms with Crippen LogP contribution in [0.25, 0.3) is 11.2 Å². The number of benzene rings is 1. The molecule has 1 unspecified atom stereocenters. The molecule has 9 nitrogen and oxygen atoms in total. The van der Waals surface area contributed by atoms with Crippen LogP contribution < -0.4 is 16.6 Å². The third-order valence-electron chi connectivity index (χ3n) is 4.28. The lowest BCUT2D eigenvalue weighted by molar-refractivity contribution is 0.158. The van der Waals surface area contributed by atoms with Crippen molar-refractivity contribution < 1.29 is 10.2 Å². The van der Waals surface area contributed by atoms with Crippen molar-refractivity contribution in [2.24, 2.45) is 14.1 Å². The van der Waals surface area contributed by atoms with E-state index in [9.17, 15) is 14.7 Å². The molecule has 3 rings (SSSR count). The van der Waals surface area contributed by atoms with Crippen LogP contribution in [0.5, 0.6) is 0 Å². The maximum absolute atomic E-state index is 12.7. The van der Waals surface area contributed by atoms with Gasteiger partial charge in [-0.1, -0.05) is 30.3 Å². The number of anilines is 1. The summed E-state index contributed by atoms with van der Waals surface area (Å²) in [5.74, 6) is 0.308. The highest BCUT2D eigenvalue weighted by atomic mass is 16.3. The lowest BCUT2D eigenvalue weighted by Gasteiger charge is -2.15. The van der Waals surface area contributed by atoms with Crippen LogP contribution in [0.2, 0.25) is 0 Å². The standard InChI is InChI=1S/C17H21N5O4/c1-20-14-13(15(25)21(2)17(20)26)22(16(19-14)18-8-9-23)10-12(24)11-6-4-3-5-7-11/h3-7,12,23-24H,8-10H2,1-2H3,(H,18,19). The van der Waals surface area contributed by atoms with Gasteiger partial charge in [-0.15, -0.1) is 0 Å². The largest absolute Gasteiger partial charge is 0.395 e. The molecule has 138 valence electrons. The van der Waals surface area contributed by atoms with E-state index in [1.54, 1.807) is 16.7 Å². The zero-order valence-corrected chi connectivity index (χ0v) is 14.6. The molecule has 0 radical (unpaired) electrons.